The van der Waals surface area contributed by atoms with Gasteiger partial charge < -0.3 is 5.32 Å². The maximum Gasteiger partial charge on any atom is 0.141 e. The zero-order chi connectivity index (χ0) is 10.7. The molecule has 0 bridgehead atoms. The molecule has 2 nitrogen and oxygen atoms in total. The number of nitrogens with zero attached hydrogens (tertiary/aromatic N) is 1. The summed E-state index contributed by atoms with van der Waals surface area (Å²) in [4.78, 5) is 4.29. The van der Waals surface area contributed by atoms with Crippen LogP contribution in [-0.2, 0) is 6.54 Å². The predicted octanol–water partition coefficient (Wildman–Crippen LogP) is 2.76. The van der Waals surface area contributed by atoms with Crippen molar-refractivity contribution in [3.8, 4) is 0 Å². The van der Waals surface area contributed by atoms with Gasteiger partial charge in [-0.2, -0.15) is 0 Å². The van der Waals surface area contributed by atoms with Gasteiger partial charge in [-0.15, -0.1) is 0 Å². The van der Waals surface area contributed by atoms with Gasteiger partial charge in [0.1, 0.15) is 5.82 Å². The number of amidine groups is 1. The topological polar surface area (TPSA) is 24.4 Å². The van der Waals surface area contributed by atoms with E-state index in [4.69, 9.17) is 11.6 Å². The molecule has 1 aliphatic heterocycles. The van der Waals surface area contributed by atoms with E-state index in [1.54, 1.807) is 12.1 Å². The number of hydrogen-bond donors (Lipinski definition) is 1. The molecule has 1 aromatic rings. The van der Waals surface area contributed by atoms with Gasteiger partial charge in [0.25, 0.3) is 0 Å². The predicted molar refractivity (Wildman–Crippen MR) is 59.8 cm³/mol. The number of hydrogen-bond acceptors (Lipinski definition) is 2. The first kappa shape index (κ1) is 10.4. The van der Waals surface area contributed by atoms with Crippen LogP contribution in [0.5, 0.6) is 0 Å². The Hall–Kier alpha value is -1.09. The Morgan fingerprint density at radius 1 is 1.47 bits per heavy atom. The highest BCUT2D eigenvalue weighted by Gasteiger charge is 2.06. The van der Waals surface area contributed by atoms with Crippen LogP contribution in [0.3, 0.4) is 0 Å². The molecular weight excluding hydrogens is 215 g/mol. The molecule has 0 fully saturated rings. The molecule has 0 saturated heterocycles. The molecule has 0 amide bonds. The molecule has 1 aromatic carbocycles. The van der Waals surface area contributed by atoms with Crippen molar-refractivity contribution in [2.75, 3.05) is 6.54 Å². The van der Waals surface area contributed by atoms with E-state index in [1.807, 2.05) is 0 Å². The average Bonchev–Trinajstić information content (AvgIpc) is 2.73. The second-order valence-electron chi connectivity index (χ2n) is 3.53. The molecule has 80 valence electrons. The Bertz CT molecular complexity index is 390. The Kier molecular flexibility index (Phi) is 3.21. The third kappa shape index (κ3) is 2.69. The minimum Gasteiger partial charge on any atom is -0.370 e. The normalized spacial score (nSPS) is 15.2. The Labute approximate surface area is 93.2 Å². The molecular formula is C11H12ClFN2. The minimum absolute atomic E-state index is 0.169. The van der Waals surface area contributed by atoms with Crippen molar-refractivity contribution >= 4 is 17.4 Å². The summed E-state index contributed by atoms with van der Waals surface area (Å²) in [5.74, 6) is 0.661. The minimum atomic E-state index is -0.376. The van der Waals surface area contributed by atoms with Gasteiger partial charge in [-0.05, 0) is 24.1 Å². The van der Waals surface area contributed by atoms with E-state index in [1.165, 1.54) is 6.07 Å². The second kappa shape index (κ2) is 4.62. The van der Waals surface area contributed by atoms with Gasteiger partial charge in [0.05, 0.1) is 10.9 Å². The van der Waals surface area contributed by atoms with Gasteiger partial charge in [0.15, 0.2) is 0 Å². The van der Waals surface area contributed by atoms with E-state index in [0.29, 0.717) is 6.54 Å². The van der Waals surface area contributed by atoms with Crippen molar-refractivity contribution in [2.45, 2.75) is 19.4 Å². The second-order valence-corrected chi connectivity index (χ2v) is 3.94. The molecule has 0 aromatic heterocycles. The van der Waals surface area contributed by atoms with E-state index >= 15 is 0 Å². The average molecular weight is 227 g/mol. The largest absolute Gasteiger partial charge is 0.370 e. The van der Waals surface area contributed by atoms with Gasteiger partial charge >= 0.3 is 0 Å². The standard InChI is InChI=1S/C11H12ClFN2/c12-9-6-8(3-4-10(9)13)7-15-11-2-1-5-14-11/h3-4,6H,1-2,5,7H2,(H,14,15). The lowest BCUT2D eigenvalue weighted by Gasteiger charge is -2.06. The fourth-order valence-corrected chi connectivity index (χ4v) is 1.74. The number of halogens is 2. The SMILES string of the molecule is Fc1ccc(CNC2=NCCC2)cc1Cl. The van der Waals surface area contributed by atoms with Crippen LogP contribution in [-0.4, -0.2) is 12.4 Å². The van der Waals surface area contributed by atoms with Crippen molar-refractivity contribution in [1.29, 1.82) is 0 Å². The van der Waals surface area contributed by atoms with Crippen molar-refractivity contribution in [3.63, 3.8) is 0 Å². The zero-order valence-corrected chi connectivity index (χ0v) is 9.02. The molecule has 1 aliphatic rings. The molecule has 1 heterocycles. The van der Waals surface area contributed by atoms with Gasteiger partial charge in [0, 0.05) is 19.5 Å². The van der Waals surface area contributed by atoms with Gasteiger partial charge in [-0.25, -0.2) is 4.39 Å². The Balaban J connectivity index is 1.96. The number of rotatable bonds is 2. The van der Waals surface area contributed by atoms with Crippen LogP contribution in [0, 0.1) is 5.82 Å². The molecule has 0 spiro atoms. The fraction of sp³-hybridized carbons (Fsp3) is 0.364. The van der Waals surface area contributed by atoms with Crippen LogP contribution < -0.4 is 5.32 Å². The number of aliphatic imine (C=N–C) groups is 1. The number of nitrogens with one attached hydrogen (secondary N) is 1. The molecule has 2 rings (SSSR count). The highest BCUT2D eigenvalue weighted by Crippen LogP contribution is 2.16. The summed E-state index contributed by atoms with van der Waals surface area (Å²) >= 11 is 5.68. The lowest BCUT2D eigenvalue weighted by molar-refractivity contribution is 0.627. The van der Waals surface area contributed by atoms with E-state index in [-0.39, 0.29) is 10.8 Å². The van der Waals surface area contributed by atoms with Crippen molar-refractivity contribution in [3.05, 3.63) is 34.6 Å². The molecule has 15 heavy (non-hydrogen) atoms. The Morgan fingerprint density at radius 3 is 3.00 bits per heavy atom. The first-order valence-corrected chi connectivity index (χ1v) is 5.34. The van der Waals surface area contributed by atoms with Gasteiger partial charge in [0.2, 0.25) is 0 Å². The molecule has 0 atom stereocenters. The lowest BCUT2D eigenvalue weighted by atomic mass is 10.2. The quantitative estimate of drug-likeness (QED) is 0.824. The van der Waals surface area contributed by atoms with E-state index in [0.717, 1.165) is 30.8 Å². The fourth-order valence-electron chi connectivity index (χ4n) is 1.54. The van der Waals surface area contributed by atoms with Crippen molar-refractivity contribution in [2.24, 2.45) is 4.99 Å². The van der Waals surface area contributed by atoms with Crippen molar-refractivity contribution < 1.29 is 4.39 Å². The summed E-state index contributed by atoms with van der Waals surface area (Å²) in [5.41, 5.74) is 0.969. The van der Waals surface area contributed by atoms with E-state index < -0.39 is 0 Å². The molecule has 0 aliphatic carbocycles. The molecule has 0 unspecified atom stereocenters. The van der Waals surface area contributed by atoms with Crippen molar-refractivity contribution in [1.82, 2.24) is 5.32 Å². The first-order valence-electron chi connectivity index (χ1n) is 4.97. The van der Waals surface area contributed by atoms with E-state index in [2.05, 4.69) is 10.3 Å². The van der Waals surface area contributed by atoms with Crippen LogP contribution in [0.4, 0.5) is 4.39 Å². The third-order valence-corrected chi connectivity index (χ3v) is 2.64. The highest BCUT2D eigenvalue weighted by atomic mass is 35.5. The summed E-state index contributed by atoms with van der Waals surface area (Å²) in [7, 11) is 0. The van der Waals surface area contributed by atoms with Crippen LogP contribution in [0.2, 0.25) is 5.02 Å². The zero-order valence-electron chi connectivity index (χ0n) is 8.26. The summed E-state index contributed by atoms with van der Waals surface area (Å²) < 4.78 is 12.9. The molecule has 0 radical (unpaired) electrons. The van der Waals surface area contributed by atoms with Crippen LogP contribution in [0.25, 0.3) is 0 Å². The summed E-state index contributed by atoms with van der Waals surface area (Å²) in [6.45, 7) is 1.56. The summed E-state index contributed by atoms with van der Waals surface area (Å²) in [5, 5.41) is 3.38. The third-order valence-electron chi connectivity index (χ3n) is 2.35. The van der Waals surface area contributed by atoms with Crippen LogP contribution in [0.15, 0.2) is 23.2 Å². The van der Waals surface area contributed by atoms with Crippen LogP contribution >= 0.6 is 11.6 Å². The lowest BCUT2D eigenvalue weighted by Crippen LogP contribution is -2.20. The van der Waals surface area contributed by atoms with E-state index in [9.17, 15) is 4.39 Å². The first-order chi connectivity index (χ1) is 7.25. The number of benzene rings is 1. The van der Waals surface area contributed by atoms with Gasteiger partial charge in [-0.3, -0.25) is 4.99 Å². The highest BCUT2D eigenvalue weighted by molar-refractivity contribution is 6.30. The maximum atomic E-state index is 12.9. The van der Waals surface area contributed by atoms with Gasteiger partial charge in [-0.1, -0.05) is 17.7 Å². The monoisotopic (exact) mass is 226 g/mol. The molecule has 4 heteroatoms. The summed E-state index contributed by atoms with van der Waals surface area (Å²) in [6, 6.07) is 4.75. The summed E-state index contributed by atoms with van der Waals surface area (Å²) in [6.07, 6.45) is 2.13. The van der Waals surface area contributed by atoms with Crippen LogP contribution in [0.1, 0.15) is 18.4 Å². The molecule has 0 saturated carbocycles. The Morgan fingerprint density at radius 2 is 2.33 bits per heavy atom. The maximum absolute atomic E-state index is 12.9. The smallest absolute Gasteiger partial charge is 0.141 e. The molecule has 1 N–H and O–H groups in total.